The van der Waals surface area contributed by atoms with E-state index < -0.39 is 0 Å². The summed E-state index contributed by atoms with van der Waals surface area (Å²) in [6, 6.07) is 11.7. The molecule has 0 saturated carbocycles. The first-order valence-electron chi connectivity index (χ1n) is 7.49. The van der Waals surface area contributed by atoms with Crippen LogP contribution in [-0.2, 0) is 17.8 Å². The van der Waals surface area contributed by atoms with Gasteiger partial charge in [-0.15, -0.1) is 0 Å². The molecule has 2 aromatic carbocycles. The fourth-order valence-corrected chi connectivity index (χ4v) is 2.46. The van der Waals surface area contributed by atoms with E-state index in [0.29, 0.717) is 25.5 Å². The quantitative estimate of drug-likeness (QED) is 0.871. The normalized spacial score (nSPS) is 12.8. The van der Waals surface area contributed by atoms with Crippen LogP contribution in [0.25, 0.3) is 0 Å². The second kappa shape index (κ2) is 6.69. The SMILES string of the molecule is CN(Cc1ccc2c(c1)OCCO2)C(=O)Cc1ccc(F)cc1. The molecule has 120 valence electrons. The van der Waals surface area contributed by atoms with Gasteiger partial charge in [0.05, 0.1) is 6.42 Å². The van der Waals surface area contributed by atoms with Gasteiger partial charge < -0.3 is 14.4 Å². The third kappa shape index (κ3) is 3.80. The molecule has 0 aromatic heterocycles. The molecule has 1 heterocycles. The topological polar surface area (TPSA) is 38.8 Å². The number of fused-ring (bicyclic) bond motifs is 1. The summed E-state index contributed by atoms with van der Waals surface area (Å²) >= 11 is 0. The first-order valence-corrected chi connectivity index (χ1v) is 7.49. The van der Waals surface area contributed by atoms with Gasteiger partial charge in [-0.1, -0.05) is 18.2 Å². The number of carbonyl (C=O) groups is 1. The Morgan fingerprint density at radius 1 is 1.04 bits per heavy atom. The molecular formula is C18H18FNO3. The lowest BCUT2D eigenvalue weighted by Gasteiger charge is -2.21. The maximum absolute atomic E-state index is 12.9. The van der Waals surface area contributed by atoms with Crippen LogP contribution in [0.15, 0.2) is 42.5 Å². The zero-order valence-electron chi connectivity index (χ0n) is 12.9. The van der Waals surface area contributed by atoms with Crippen LogP contribution in [0.4, 0.5) is 4.39 Å². The van der Waals surface area contributed by atoms with Crippen molar-refractivity contribution in [2.24, 2.45) is 0 Å². The Morgan fingerprint density at radius 3 is 2.43 bits per heavy atom. The van der Waals surface area contributed by atoms with Crippen LogP contribution in [0.3, 0.4) is 0 Å². The highest BCUT2D eigenvalue weighted by Crippen LogP contribution is 2.31. The summed E-state index contributed by atoms with van der Waals surface area (Å²) in [4.78, 5) is 13.9. The molecule has 23 heavy (non-hydrogen) atoms. The maximum Gasteiger partial charge on any atom is 0.227 e. The molecule has 1 aliphatic rings. The first-order chi connectivity index (χ1) is 11.1. The molecular weight excluding hydrogens is 297 g/mol. The number of likely N-dealkylation sites (N-methyl/N-ethyl adjacent to an activating group) is 1. The van der Waals surface area contributed by atoms with Crippen LogP contribution in [0.1, 0.15) is 11.1 Å². The highest BCUT2D eigenvalue weighted by molar-refractivity contribution is 5.78. The van der Waals surface area contributed by atoms with Crippen molar-refractivity contribution in [3.63, 3.8) is 0 Å². The van der Waals surface area contributed by atoms with Gasteiger partial charge >= 0.3 is 0 Å². The Balaban J connectivity index is 1.62. The fraction of sp³-hybridized carbons (Fsp3) is 0.278. The van der Waals surface area contributed by atoms with Crippen molar-refractivity contribution in [3.05, 3.63) is 59.4 Å². The van der Waals surface area contributed by atoms with Gasteiger partial charge in [-0.25, -0.2) is 4.39 Å². The van der Waals surface area contributed by atoms with Crippen LogP contribution >= 0.6 is 0 Å². The van der Waals surface area contributed by atoms with Crippen molar-refractivity contribution in [1.82, 2.24) is 4.90 Å². The van der Waals surface area contributed by atoms with E-state index in [1.165, 1.54) is 12.1 Å². The average Bonchev–Trinajstić information content (AvgIpc) is 2.56. The number of halogens is 1. The second-order valence-electron chi connectivity index (χ2n) is 5.53. The number of nitrogens with zero attached hydrogens (tertiary/aromatic N) is 1. The number of rotatable bonds is 4. The third-order valence-corrected chi connectivity index (χ3v) is 3.72. The number of hydrogen-bond donors (Lipinski definition) is 0. The van der Waals surface area contributed by atoms with E-state index in [4.69, 9.17) is 9.47 Å². The van der Waals surface area contributed by atoms with E-state index in [1.807, 2.05) is 18.2 Å². The molecule has 2 aromatic rings. The second-order valence-corrected chi connectivity index (χ2v) is 5.53. The minimum absolute atomic E-state index is 0.0218. The smallest absolute Gasteiger partial charge is 0.227 e. The molecule has 4 nitrogen and oxygen atoms in total. The Hall–Kier alpha value is -2.56. The Bertz CT molecular complexity index is 700. The Morgan fingerprint density at radius 2 is 1.70 bits per heavy atom. The minimum Gasteiger partial charge on any atom is -0.486 e. The van der Waals surface area contributed by atoms with Crippen LogP contribution in [0.5, 0.6) is 11.5 Å². The molecule has 0 bridgehead atoms. The summed E-state index contributed by atoms with van der Waals surface area (Å²) in [7, 11) is 1.75. The van der Waals surface area contributed by atoms with Crippen molar-refractivity contribution in [1.29, 1.82) is 0 Å². The van der Waals surface area contributed by atoms with Gasteiger partial charge in [0.15, 0.2) is 11.5 Å². The Kier molecular flexibility index (Phi) is 4.46. The number of amides is 1. The molecule has 1 amide bonds. The third-order valence-electron chi connectivity index (χ3n) is 3.72. The van der Waals surface area contributed by atoms with Gasteiger partial charge in [0, 0.05) is 13.6 Å². The molecule has 1 aliphatic heterocycles. The zero-order chi connectivity index (χ0) is 16.2. The first kappa shape index (κ1) is 15.3. The summed E-state index contributed by atoms with van der Waals surface area (Å²) in [5, 5.41) is 0. The maximum atomic E-state index is 12.9. The highest BCUT2D eigenvalue weighted by atomic mass is 19.1. The van der Waals surface area contributed by atoms with Crippen molar-refractivity contribution in [2.75, 3.05) is 20.3 Å². The zero-order valence-corrected chi connectivity index (χ0v) is 12.9. The van der Waals surface area contributed by atoms with Gasteiger partial charge in [-0.05, 0) is 35.4 Å². The minimum atomic E-state index is -0.300. The summed E-state index contributed by atoms with van der Waals surface area (Å²) in [6.45, 7) is 1.58. The Labute approximate surface area is 134 Å². The molecule has 0 radical (unpaired) electrons. The van der Waals surface area contributed by atoms with Gasteiger partial charge in [0.1, 0.15) is 19.0 Å². The number of carbonyl (C=O) groups excluding carboxylic acids is 1. The van der Waals surface area contributed by atoms with E-state index in [-0.39, 0.29) is 18.1 Å². The summed E-state index contributed by atoms with van der Waals surface area (Å²) in [5.41, 5.74) is 1.77. The number of ether oxygens (including phenoxy) is 2. The molecule has 5 heteroatoms. The molecule has 3 rings (SSSR count). The number of hydrogen-bond acceptors (Lipinski definition) is 3. The number of benzene rings is 2. The standard InChI is InChI=1S/C18H18FNO3/c1-20(18(21)11-13-2-5-15(19)6-3-13)12-14-4-7-16-17(10-14)23-9-8-22-16/h2-7,10H,8-9,11-12H2,1H3. The lowest BCUT2D eigenvalue weighted by molar-refractivity contribution is -0.129. The van der Waals surface area contributed by atoms with E-state index in [0.717, 1.165) is 16.9 Å². The fourth-order valence-electron chi connectivity index (χ4n) is 2.46. The summed E-state index contributed by atoms with van der Waals surface area (Å²) in [5.74, 6) is 1.13. The largest absolute Gasteiger partial charge is 0.486 e. The lowest BCUT2D eigenvalue weighted by atomic mass is 10.1. The highest BCUT2D eigenvalue weighted by Gasteiger charge is 2.14. The van der Waals surface area contributed by atoms with Gasteiger partial charge in [0.2, 0.25) is 5.91 Å². The van der Waals surface area contributed by atoms with Crippen LogP contribution < -0.4 is 9.47 Å². The summed E-state index contributed by atoms with van der Waals surface area (Å²) < 4.78 is 23.9. The van der Waals surface area contributed by atoms with Crippen molar-refractivity contribution in [2.45, 2.75) is 13.0 Å². The van der Waals surface area contributed by atoms with E-state index in [9.17, 15) is 9.18 Å². The molecule has 0 spiro atoms. The van der Waals surface area contributed by atoms with E-state index >= 15 is 0 Å². The van der Waals surface area contributed by atoms with Gasteiger partial charge in [0.25, 0.3) is 0 Å². The predicted octanol–water partition coefficient (Wildman–Crippen LogP) is 2.80. The summed E-state index contributed by atoms with van der Waals surface area (Å²) in [6.07, 6.45) is 0.251. The van der Waals surface area contributed by atoms with Crippen molar-refractivity contribution in [3.8, 4) is 11.5 Å². The van der Waals surface area contributed by atoms with Gasteiger partial charge in [-0.3, -0.25) is 4.79 Å². The molecule has 0 fully saturated rings. The molecule has 0 unspecified atom stereocenters. The molecule has 0 aliphatic carbocycles. The molecule has 0 atom stereocenters. The van der Waals surface area contributed by atoms with Crippen LogP contribution in [-0.4, -0.2) is 31.1 Å². The van der Waals surface area contributed by atoms with Crippen molar-refractivity contribution >= 4 is 5.91 Å². The van der Waals surface area contributed by atoms with Crippen molar-refractivity contribution < 1.29 is 18.7 Å². The van der Waals surface area contributed by atoms with Gasteiger partial charge in [-0.2, -0.15) is 0 Å². The van der Waals surface area contributed by atoms with E-state index in [1.54, 1.807) is 24.1 Å². The molecule has 0 N–H and O–H groups in total. The van der Waals surface area contributed by atoms with E-state index in [2.05, 4.69) is 0 Å². The monoisotopic (exact) mass is 315 g/mol. The van der Waals surface area contributed by atoms with Crippen LogP contribution in [0.2, 0.25) is 0 Å². The predicted molar refractivity (Wildman–Crippen MR) is 84.0 cm³/mol. The molecule has 0 saturated heterocycles. The lowest BCUT2D eigenvalue weighted by Crippen LogP contribution is -2.27. The van der Waals surface area contributed by atoms with Crippen LogP contribution in [0, 0.1) is 5.82 Å². The average molecular weight is 315 g/mol.